The highest BCUT2D eigenvalue weighted by molar-refractivity contribution is 5.83. The number of aromatic nitrogens is 1. The van der Waals surface area contributed by atoms with Crippen LogP contribution in [-0.4, -0.2) is 54.7 Å². The first-order chi connectivity index (χ1) is 12.8. The van der Waals surface area contributed by atoms with Crippen molar-refractivity contribution in [3.63, 3.8) is 0 Å². The van der Waals surface area contributed by atoms with Crippen molar-refractivity contribution in [3.05, 3.63) is 36.0 Å². The predicted octanol–water partition coefficient (Wildman–Crippen LogP) is 3.57. The molecule has 0 spiro atoms. The smallest absolute Gasteiger partial charge is 0.193 e. The standard InChI is InChI=1S/C21H32N4O/c1-3-22-21(25-14-11-18(12-15-25)26-4-2)23-13-7-8-17-16-24-20-10-6-5-9-19(17)20/h5-6,9-10,16,18,24H,3-4,7-8,11-15H2,1-2H3,(H,22,23). The number of guanidine groups is 1. The summed E-state index contributed by atoms with van der Waals surface area (Å²) in [5, 5.41) is 4.79. The van der Waals surface area contributed by atoms with Crippen LogP contribution in [0.15, 0.2) is 35.5 Å². The Bertz CT molecular complexity index is 701. The SMILES string of the molecule is CCNC(=NCCCc1c[nH]c2ccccc12)N1CCC(OCC)CC1. The molecule has 3 rings (SSSR count). The minimum Gasteiger partial charge on any atom is -0.378 e. The minimum absolute atomic E-state index is 0.418. The number of aromatic amines is 1. The van der Waals surface area contributed by atoms with Gasteiger partial charge in [-0.1, -0.05) is 18.2 Å². The lowest BCUT2D eigenvalue weighted by molar-refractivity contribution is 0.0264. The van der Waals surface area contributed by atoms with E-state index in [2.05, 4.69) is 59.5 Å². The van der Waals surface area contributed by atoms with Crippen molar-refractivity contribution in [2.45, 2.75) is 45.6 Å². The zero-order chi connectivity index (χ0) is 18.2. The number of para-hydroxylation sites is 1. The van der Waals surface area contributed by atoms with E-state index in [4.69, 9.17) is 9.73 Å². The van der Waals surface area contributed by atoms with E-state index >= 15 is 0 Å². The molecule has 0 atom stereocenters. The maximum atomic E-state index is 5.76. The molecule has 2 heterocycles. The summed E-state index contributed by atoms with van der Waals surface area (Å²) in [6, 6.07) is 8.50. The van der Waals surface area contributed by atoms with Gasteiger partial charge in [0, 0.05) is 49.9 Å². The molecular weight excluding hydrogens is 324 g/mol. The molecule has 142 valence electrons. The van der Waals surface area contributed by atoms with E-state index in [0.29, 0.717) is 6.10 Å². The van der Waals surface area contributed by atoms with Crippen LogP contribution in [0.2, 0.25) is 0 Å². The fraction of sp³-hybridized carbons (Fsp3) is 0.571. The molecule has 2 N–H and O–H groups in total. The second kappa shape index (κ2) is 9.62. The molecule has 1 saturated heterocycles. The number of benzene rings is 1. The van der Waals surface area contributed by atoms with Crippen molar-refractivity contribution >= 4 is 16.9 Å². The Morgan fingerprint density at radius 2 is 2.08 bits per heavy atom. The summed E-state index contributed by atoms with van der Waals surface area (Å²) < 4.78 is 5.76. The molecule has 0 saturated carbocycles. The highest BCUT2D eigenvalue weighted by Gasteiger charge is 2.21. The predicted molar refractivity (Wildman–Crippen MR) is 109 cm³/mol. The summed E-state index contributed by atoms with van der Waals surface area (Å²) in [5.74, 6) is 1.06. The van der Waals surface area contributed by atoms with E-state index in [1.54, 1.807) is 0 Å². The molecule has 0 unspecified atom stereocenters. The number of hydrogen-bond acceptors (Lipinski definition) is 2. The largest absolute Gasteiger partial charge is 0.378 e. The molecule has 1 fully saturated rings. The molecule has 1 aromatic carbocycles. The number of nitrogens with one attached hydrogen (secondary N) is 2. The third kappa shape index (κ3) is 4.79. The molecule has 0 aliphatic carbocycles. The highest BCUT2D eigenvalue weighted by atomic mass is 16.5. The van der Waals surface area contributed by atoms with Crippen molar-refractivity contribution in [2.75, 3.05) is 32.8 Å². The average molecular weight is 357 g/mol. The monoisotopic (exact) mass is 356 g/mol. The van der Waals surface area contributed by atoms with Crippen molar-refractivity contribution in [2.24, 2.45) is 4.99 Å². The van der Waals surface area contributed by atoms with Gasteiger partial charge in [-0.3, -0.25) is 4.99 Å². The second-order valence-corrected chi connectivity index (χ2v) is 6.84. The van der Waals surface area contributed by atoms with Crippen LogP contribution >= 0.6 is 0 Å². The Morgan fingerprint density at radius 1 is 1.27 bits per heavy atom. The number of likely N-dealkylation sites (tertiary alicyclic amines) is 1. The van der Waals surface area contributed by atoms with Crippen molar-refractivity contribution in [1.82, 2.24) is 15.2 Å². The van der Waals surface area contributed by atoms with Gasteiger partial charge < -0.3 is 19.9 Å². The lowest BCUT2D eigenvalue weighted by atomic mass is 10.1. The summed E-state index contributed by atoms with van der Waals surface area (Å²) in [4.78, 5) is 10.6. The maximum absolute atomic E-state index is 5.76. The first kappa shape index (κ1) is 18.8. The topological polar surface area (TPSA) is 52.7 Å². The van der Waals surface area contributed by atoms with Crippen molar-refractivity contribution in [3.8, 4) is 0 Å². The third-order valence-corrected chi connectivity index (χ3v) is 5.02. The van der Waals surface area contributed by atoms with E-state index in [9.17, 15) is 0 Å². The Balaban J connectivity index is 1.51. The van der Waals surface area contributed by atoms with Crippen LogP contribution in [-0.2, 0) is 11.2 Å². The third-order valence-electron chi connectivity index (χ3n) is 5.02. The van der Waals surface area contributed by atoms with Gasteiger partial charge in [0.2, 0.25) is 0 Å². The Kier molecular flexibility index (Phi) is 6.95. The van der Waals surface area contributed by atoms with Gasteiger partial charge >= 0.3 is 0 Å². The molecule has 1 aliphatic heterocycles. The van der Waals surface area contributed by atoms with Crippen LogP contribution in [0.25, 0.3) is 10.9 Å². The molecule has 5 nitrogen and oxygen atoms in total. The second-order valence-electron chi connectivity index (χ2n) is 6.84. The number of aliphatic imine (C=N–C) groups is 1. The number of rotatable bonds is 7. The first-order valence-electron chi connectivity index (χ1n) is 10.0. The molecule has 5 heteroatoms. The quantitative estimate of drug-likeness (QED) is 0.453. The van der Waals surface area contributed by atoms with E-state index < -0.39 is 0 Å². The molecular formula is C21H32N4O. The number of nitrogens with zero attached hydrogens (tertiary/aromatic N) is 2. The summed E-state index contributed by atoms with van der Waals surface area (Å²) in [7, 11) is 0. The summed E-state index contributed by atoms with van der Waals surface area (Å²) in [6.07, 6.45) is 6.85. The molecule has 1 aromatic heterocycles. The number of ether oxygens (including phenoxy) is 1. The number of piperidine rings is 1. The Labute approximate surface area is 156 Å². The van der Waals surface area contributed by atoms with Crippen LogP contribution < -0.4 is 5.32 Å². The zero-order valence-corrected chi connectivity index (χ0v) is 16.1. The first-order valence-corrected chi connectivity index (χ1v) is 10.0. The van der Waals surface area contributed by atoms with Gasteiger partial charge in [0.25, 0.3) is 0 Å². The van der Waals surface area contributed by atoms with Gasteiger partial charge in [-0.2, -0.15) is 0 Å². The molecule has 0 bridgehead atoms. The van der Waals surface area contributed by atoms with Gasteiger partial charge in [-0.05, 0) is 51.2 Å². The average Bonchev–Trinajstić information content (AvgIpc) is 3.08. The van der Waals surface area contributed by atoms with Crippen LogP contribution in [0.4, 0.5) is 0 Å². The minimum atomic E-state index is 0.418. The molecule has 2 aromatic rings. The lowest BCUT2D eigenvalue weighted by Gasteiger charge is -2.34. The number of fused-ring (bicyclic) bond motifs is 1. The molecule has 0 amide bonds. The van der Waals surface area contributed by atoms with Crippen molar-refractivity contribution < 1.29 is 4.74 Å². The van der Waals surface area contributed by atoms with Crippen LogP contribution in [0, 0.1) is 0 Å². The molecule has 1 aliphatic rings. The van der Waals surface area contributed by atoms with Crippen LogP contribution in [0.5, 0.6) is 0 Å². The lowest BCUT2D eigenvalue weighted by Crippen LogP contribution is -2.47. The molecule has 26 heavy (non-hydrogen) atoms. The summed E-state index contributed by atoms with van der Waals surface area (Å²) in [5.41, 5.74) is 2.61. The van der Waals surface area contributed by atoms with Crippen LogP contribution in [0.1, 0.15) is 38.7 Å². The highest BCUT2D eigenvalue weighted by Crippen LogP contribution is 2.19. The summed E-state index contributed by atoms with van der Waals surface area (Å²) in [6.45, 7) is 8.84. The van der Waals surface area contributed by atoms with E-state index in [-0.39, 0.29) is 0 Å². The fourth-order valence-electron chi connectivity index (χ4n) is 3.69. The van der Waals surface area contributed by atoms with Gasteiger partial charge in [0.05, 0.1) is 6.10 Å². The Morgan fingerprint density at radius 3 is 2.85 bits per heavy atom. The maximum Gasteiger partial charge on any atom is 0.193 e. The summed E-state index contributed by atoms with van der Waals surface area (Å²) >= 11 is 0. The van der Waals surface area contributed by atoms with E-state index in [1.807, 2.05) is 0 Å². The van der Waals surface area contributed by atoms with Crippen molar-refractivity contribution in [1.29, 1.82) is 0 Å². The van der Waals surface area contributed by atoms with Crippen LogP contribution in [0.3, 0.4) is 0 Å². The van der Waals surface area contributed by atoms with Gasteiger partial charge in [0.15, 0.2) is 5.96 Å². The van der Waals surface area contributed by atoms with Gasteiger partial charge in [-0.15, -0.1) is 0 Å². The fourth-order valence-corrected chi connectivity index (χ4v) is 3.69. The Hall–Kier alpha value is -2.01. The zero-order valence-electron chi connectivity index (χ0n) is 16.1. The number of hydrogen-bond donors (Lipinski definition) is 2. The number of H-pyrrole nitrogens is 1. The van der Waals surface area contributed by atoms with Gasteiger partial charge in [-0.25, -0.2) is 0 Å². The normalized spacial score (nSPS) is 16.4. The van der Waals surface area contributed by atoms with E-state index in [0.717, 1.165) is 64.4 Å². The number of aryl methyl sites for hydroxylation is 1. The van der Waals surface area contributed by atoms with E-state index in [1.165, 1.54) is 16.5 Å². The molecule has 0 radical (unpaired) electrons. The van der Waals surface area contributed by atoms with Gasteiger partial charge in [0.1, 0.15) is 0 Å².